The van der Waals surface area contributed by atoms with E-state index in [1.165, 1.54) is 18.5 Å². The molecule has 0 saturated heterocycles. The Labute approximate surface area is 113 Å². The fourth-order valence-corrected chi connectivity index (χ4v) is 2.65. The van der Waals surface area contributed by atoms with Crippen LogP contribution >= 0.6 is 0 Å². The maximum atomic E-state index is 12.1. The summed E-state index contributed by atoms with van der Waals surface area (Å²) in [6.45, 7) is 0. The molecule has 0 aliphatic carbocycles. The van der Waals surface area contributed by atoms with Gasteiger partial charge in [-0.1, -0.05) is 0 Å². The molecular weight excluding hydrogens is 288 g/mol. The third kappa shape index (κ3) is 2.67. The van der Waals surface area contributed by atoms with E-state index in [-0.39, 0.29) is 11.6 Å². The van der Waals surface area contributed by atoms with E-state index in [1.54, 1.807) is 0 Å². The SMILES string of the molecule is NNc1ccc([N+](=O)[O-])c(S(=O)(=O)Nc2ncc[nH]2)c1. The van der Waals surface area contributed by atoms with E-state index in [4.69, 9.17) is 5.84 Å². The highest BCUT2D eigenvalue weighted by atomic mass is 32.2. The molecule has 0 fully saturated rings. The van der Waals surface area contributed by atoms with Crippen LogP contribution in [0.15, 0.2) is 35.5 Å². The molecule has 20 heavy (non-hydrogen) atoms. The van der Waals surface area contributed by atoms with E-state index in [0.717, 1.165) is 12.1 Å². The maximum Gasteiger partial charge on any atom is 0.290 e. The van der Waals surface area contributed by atoms with Crippen molar-refractivity contribution in [3.63, 3.8) is 0 Å². The number of imidazole rings is 1. The van der Waals surface area contributed by atoms with E-state index in [1.807, 2.05) is 0 Å². The minimum atomic E-state index is -4.17. The summed E-state index contributed by atoms with van der Waals surface area (Å²) in [5.41, 5.74) is 1.88. The number of benzene rings is 1. The molecule has 0 spiro atoms. The number of anilines is 2. The van der Waals surface area contributed by atoms with E-state index >= 15 is 0 Å². The largest absolute Gasteiger partial charge is 0.330 e. The average molecular weight is 298 g/mol. The van der Waals surface area contributed by atoms with Crippen molar-refractivity contribution in [2.75, 3.05) is 10.1 Å². The summed E-state index contributed by atoms with van der Waals surface area (Å²) in [5.74, 6) is 5.12. The Bertz CT molecular complexity index is 727. The number of nitrogen functional groups attached to an aromatic ring is 1. The first-order chi connectivity index (χ1) is 9.44. The quantitative estimate of drug-likeness (QED) is 0.353. The Morgan fingerprint density at radius 3 is 2.70 bits per heavy atom. The Hall–Kier alpha value is -2.66. The Morgan fingerprint density at radius 2 is 2.15 bits per heavy atom. The Kier molecular flexibility index (Phi) is 3.54. The number of aromatic amines is 1. The number of nitrogens with two attached hydrogens (primary N) is 1. The molecule has 0 amide bonds. The van der Waals surface area contributed by atoms with E-state index < -0.39 is 25.5 Å². The summed E-state index contributed by atoms with van der Waals surface area (Å²) in [5, 5.41) is 10.9. The summed E-state index contributed by atoms with van der Waals surface area (Å²) in [4.78, 5) is 15.8. The second-order valence-corrected chi connectivity index (χ2v) is 5.28. The minimum absolute atomic E-state index is 0.0505. The highest BCUT2D eigenvalue weighted by Crippen LogP contribution is 2.27. The zero-order valence-corrected chi connectivity index (χ0v) is 10.7. The number of nitro benzene ring substituents is 1. The Balaban J connectivity index is 2.51. The third-order valence-electron chi connectivity index (χ3n) is 2.34. The summed E-state index contributed by atoms with van der Waals surface area (Å²) < 4.78 is 26.4. The van der Waals surface area contributed by atoms with E-state index in [0.29, 0.717) is 0 Å². The highest BCUT2D eigenvalue weighted by Gasteiger charge is 2.26. The molecule has 0 aliphatic heterocycles. The molecule has 0 saturated carbocycles. The van der Waals surface area contributed by atoms with E-state index in [2.05, 4.69) is 20.1 Å². The number of hydrogen-bond donors (Lipinski definition) is 4. The molecule has 0 atom stereocenters. The van der Waals surface area contributed by atoms with Gasteiger partial charge in [-0.2, -0.15) is 0 Å². The highest BCUT2D eigenvalue weighted by molar-refractivity contribution is 7.92. The van der Waals surface area contributed by atoms with Gasteiger partial charge in [0.2, 0.25) is 5.95 Å². The first kappa shape index (κ1) is 13.8. The predicted molar refractivity (Wildman–Crippen MR) is 70.3 cm³/mol. The Morgan fingerprint density at radius 1 is 1.40 bits per heavy atom. The van der Waals surface area contributed by atoms with Crippen molar-refractivity contribution in [1.29, 1.82) is 0 Å². The van der Waals surface area contributed by atoms with Gasteiger partial charge in [0.25, 0.3) is 15.7 Å². The van der Waals surface area contributed by atoms with Gasteiger partial charge in [-0.3, -0.25) is 16.0 Å². The molecule has 0 bridgehead atoms. The minimum Gasteiger partial charge on any atom is -0.330 e. The smallest absolute Gasteiger partial charge is 0.290 e. The van der Waals surface area contributed by atoms with Gasteiger partial charge in [-0.15, -0.1) is 0 Å². The summed E-state index contributed by atoms with van der Waals surface area (Å²) in [6, 6.07) is 3.40. The van der Waals surface area contributed by atoms with Crippen molar-refractivity contribution in [2.24, 2.45) is 5.84 Å². The van der Waals surface area contributed by atoms with Crippen LogP contribution in [-0.4, -0.2) is 23.3 Å². The van der Waals surface area contributed by atoms with Crippen LogP contribution in [-0.2, 0) is 10.0 Å². The number of rotatable bonds is 5. The molecule has 106 valence electrons. The van der Waals surface area contributed by atoms with Crippen LogP contribution in [0.1, 0.15) is 0 Å². The van der Waals surface area contributed by atoms with Gasteiger partial charge in [0.15, 0.2) is 4.90 Å². The van der Waals surface area contributed by atoms with Crippen molar-refractivity contribution in [1.82, 2.24) is 9.97 Å². The zero-order valence-electron chi connectivity index (χ0n) is 9.90. The molecule has 1 aromatic carbocycles. The monoisotopic (exact) mass is 298 g/mol. The number of nitrogens with one attached hydrogen (secondary N) is 3. The number of hydrogen-bond acceptors (Lipinski definition) is 7. The number of hydrazine groups is 1. The van der Waals surface area contributed by atoms with Gasteiger partial charge in [-0.05, 0) is 12.1 Å². The molecule has 10 nitrogen and oxygen atoms in total. The number of aromatic nitrogens is 2. The molecule has 2 aromatic rings. The molecule has 5 N–H and O–H groups in total. The first-order valence-electron chi connectivity index (χ1n) is 5.21. The summed E-state index contributed by atoms with van der Waals surface area (Å²) in [7, 11) is -4.17. The summed E-state index contributed by atoms with van der Waals surface area (Å²) in [6.07, 6.45) is 2.74. The molecule has 0 aliphatic rings. The summed E-state index contributed by atoms with van der Waals surface area (Å²) >= 11 is 0. The number of nitrogens with zero attached hydrogens (tertiary/aromatic N) is 2. The van der Waals surface area contributed by atoms with Crippen molar-refractivity contribution in [3.8, 4) is 0 Å². The van der Waals surface area contributed by atoms with Crippen LogP contribution in [0.4, 0.5) is 17.3 Å². The van der Waals surface area contributed by atoms with Gasteiger partial charge in [-0.25, -0.2) is 18.1 Å². The lowest BCUT2D eigenvalue weighted by molar-refractivity contribution is -0.387. The second-order valence-electron chi connectivity index (χ2n) is 3.63. The molecule has 11 heteroatoms. The van der Waals surface area contributed by atoms with Gasteiger partial charge < -0.3 is 10.4 Å². The predicted octanol–water partition coefficient (Wildman–Crippen LogP) is 0.404. The molecular formula is C9H10N6O4S. The van der Waals surface area contributed by atoms with Crippen LogP contribution in [0.25, 0.3) is 0 Å². The number of H-pyrrole nitrogens is 1. The standard InChI is InChI=1S/C9H10N6O4S/c10-13-6-1-2-7(15(16)17)8(5-6)20(18,19)14-9-11-3-4-12-9/h1-5,13H,10H2,(H2,11,12,14). The number of nitro groups is 1. The van der Waals surface area contributed by atoms with Crippen LogP contribution in [0.5, 0.6) is 0 Å². The second kappa shape index (κ2) is 5.14. The fraction of sp³-hybridized carbons (Fsp3) is 0. The lowest BCUT2D eigenvalue weighted by Crippen LogP contribution is -2.16. The van der Waals surface area contributed by atoms with Crippen LogP contribution in [0.2, 0.25) is 0 Å². The number of sulfonamides is 1. The van der Waals surface area contributed by atoms with Crippen LogP contribution < -0.4 is 16.0 Å². The van der Waals surface area contributed by atoms with Crippen molar-refractivity contribution >= 4 is 27.3 Å². The molecule has 1 heterocycles. The average Bonchev–Trinajstić information content (AvgIpc) is 2.90. The van der Waals surface area contributed by atoms with Gasteiger partial charge in [0.05, 0.1) is 10.6 Å². The lowest BCUT2D eigenvalue weighted by Gasteiger charge is -2.08. The fourth-order valence-electron chi connectivity index (χ4n) is 1.47. The molecule has 2 rings (SSSR count). The van der Waals surface area contributed by atoms with Crippen LogP contribution in [0, 0.1) is 10.1 Å². The first-order valence-corrected chi connectivity index (χ1v) is 6.69. The van der Waals surface area contributed by atoms with Crippen molar-refractivity contribution in [3.05, 3.63) is 40.7 Å². The normalized spacial score (nSPS) is 11.1. The van der Waals surface area contributed by atoms with Crippen molar-refractivity contribution in [2.45, 2.75) is 4.90 Å². The van der Waals surface area contributed by atoms with Gasteiger partial charge in [0.1, 0.15) is 0 Å². The molecule has 1 aromatic heterocycles. The third-order valence-corrected chi connectivity index (χ3v) is 3.71. The van der Waals surface area contributed by atoms with Crippen molar-refractivity contribution < 1.29 is 13.3 Å². The molecule has 0 radical (unpaired) electrons. The maximum absolute atomic E-state index is 12.1. The zero-order chi connectivity index (χ0) is 14.8. The topological polar surface area (TPSA) is 156 Å². The van der Waals surface area contributed by atoms with Crippen LogP contribution in [0.3, 0.4) is 0 Å². The molecule has 0 unspecified atom stereocenters. The van der Waals surface area contributed by atoms with E-state index in [9.17, 15) is 18.5 Å². The van der Waals surface area contributed by atoms with Gasteiger partial charge >= 0.3 is 0 Å². The lowest BCUT2D eigenvalue weighted by atomic mass is 10.3. The van der Waals surface area contributed by atoms with Gasteiger partial charge in [0, 0.05) is 18.5 Å².